The van der Waals surface area contributed by atoms with Gasteiger partial charge >= 0.3 is 0 Å². The van der Waals surface area contributed by atoms with Gasteiger partial charge in [0.1, 0.15) is 0 Å². The van der Waals surface area contributed by atoms with Gasteiger partial charge in [-0.25, -0.2) is 0 Å². The van der Waals surface area contributed by atoms with Crippen molar-refractivity contribution >= 4 is 0 Å². The Labute approximate surface area is 90.4 Å². The molecule has 0 bridgehead atoms. The second-order valence-corrected chi connectivity index (χ2v) is 3.60. The summed E-state index contributed by atoms with van der Waals surface area (Å²) in [7, 11) is 1.71. The van der Waals surface area contributed by atoms with E-state index in [9.17, 15) is 0 Å². The highest BCUT2D eigenvalue weighted by Gasteiger charge is 2.14. The molecule has 1 aromatic heterocycles. The van der Waals surface area contributed by atoms with E-state index in [1.54, 1.807) is 14.0 Å². The Bertz CT molecular complexity index is 288. The van der Waals surface area contributed by atoms with Crippen LogP contribution in [0.4, 0.5) is 0 Å². The van der Waals surface area contributed by atoms with E-state index in [4.69, 9.17) is 9.26 Å². The van der Waals surface area contributed by atoms with E-state index in [0.717, 1.165) is 12.4 Å². The maximum atomic E-state index is 5.12. The first-order valence-electron chi connectivity index (χ1n) is 5.19. The number of hydrogen-bond donors (Lipinski definition) is 0. The number of likely N-dealkylation sites (N-methyl/N-ethyl adjacent to an activating group) is 1. The molecule has 0 aromatic carbocycles. The third kappa shape index (κ3) is 3.60. The van der Waals surface area contributed by atoms with Crippen LogP contribution in [0.1, 0.15) is 25.6 Å². The van der Waals surface area contributed by atoms with Crippen LogP contribution in [0.25, 0.3) is 0 Å². The van der Waals surface area contributed by atoms with Crippen LogP contribution in [-0.4, -0.2) is 41.3 Å². The van der Waals surface area contributed by atoms with Crippen molar-refractivity contribution < 1.29 is 9.26 Å². The lowest BCUT2D eigenvalue weighted by Crippen LogP contribution is -2.35. The molecule has 86 valence electrons. The summed E-state index contributed by atoms with van der Waals surface area (Å²) in [5.74, 6) is 1.35. The number of ether oxygens (including phenoxy) is 1. The van der Waals surface area contributed by atoms with Crippen LogP contribution in [0, 0.1) is 6.92 Å². The van der Waals surface area contributed by atoms with Crippen LogP contribution in [-0.2, 0) is 11.3 Å². The predicted octanol–water partition coefficient (Wildman–Crippen LogP) is 1.23. The van der Waals surface area contributed by atoms with Crippen molar-refractivity contribution in [2.45, 2.75) is 33.4 Å². The molecule has 5 nitrogen and oxygen atoms in total. The van der Waals surface area contributed by atoms with E-state index in [-0.39, 0.29) is 0 Å². The van der Waals surface area contributed by atoms with Gasteiger partial charge in [0, 0.05) is 20.1 Å². The monoisotopic (exact) mass is 213 g/mol. The van der Waals surface area contributed by atoms with Gasteiger partial charge in [-0.2, -0.15) is 4.98 Å². The Balaban J connectivity index is 2.53. The lowest BCUT2D eigenvalue weighted by atomic mass is 10.3. The molecule has 0 saturated carbocycles. The van der Waals surface area contributed by atoms with Gasteiger partial charge in [0.05, 0.1) is 13.2 Å². The summed E-state index contributed by atoms with van der Waals surface area (Å²) < 4.78 is 10.1. The Morgan fingerprint density at radius 3 is 2.73 bits per heavy atom. The minimum Gasteiger partial charge on any atom is -0.383 e. The Kier molecular flexibility index (Phi) is 4.71. The summed E-state index contributed by atoms with van der Waals surface area (Å²) in [6.45, 7) is 8.39. The van der Waals surface area contributed by atoms with Crippen LogP contribution < -0.4 is 0 Å². The van der Waals surface area contributed by atoms with Gasteiger partial charge < -0.3 is 9.26 Å². The molecule has 0 aliphatic heterocycles. The van der Waals surface area contributed by atoms with Crippen LogP contribution in [0.15, 0.2) is 4.52 Å². The molecular weight excluding hydrogens is 194 g/mol. The summed E-state index contributed by atoms with van der Waals surface area (Å²) in [5.41, 5.74) is 0. The molecule has 1 rings (SSSR count). The summed E-state index contributed by atoms with van der Waals surface area (Å²) >= 11 is 0. The van der Waals surface area contributed by atoms with Gasteiger partial charge in [0.15, 0.2) is 5.82 Å². The number of methoxy groups -OCH3 is 1. The highest BCUT2D eigenvalue weighted by atomic mass is 16.5. The molecule has 0 spiro atoms. The van der Waals surface area contributed by atoms with Crippen molar-refractivity contribution in [1.29, 1.82) is 0 Å². The summed E-state index contributed by atoms with van der Waals surface area (Å²) in [4.78, 5) is 6.42. The van der Waals surface area contributed by atoms with Gasteiger partial charge in [-0.3, -0.25) is 4.90 Å². The van der Waals surface area contributed by atoms with Crippen LogP contribution in [0.3, 0.4) is 0 Å². The summed E-state index contributed by atoms with van der Waals surface area (Å²) in [5, 5.41) is 3.88. The average Bonchev–Trinajstić information content (AvgIpc) is 2.61. The van der Waals surface area contributed by atoms with Crippen molar-refractivity contribution in [3.8, 4) is 0 Å². The number of rotatable bonds is 6. The van der Waals surface area contributed by atoms with Gasteiger partial charge in [-0.05, 0) is 13.5 Å². The topological polar surface area (TPSA) is 51.4 Å². The SMILES string of the molecule is CCN(Cc1noc(C)n1)C(C)COC. The predicted molar refractivity (Wildman–Crippen MR) is 56.5 cm³/mol. The zero-order valence-electron chi connectivity index (χ0n) is 9.86. The van der Waals surface area contributed by atoms with Crippen LogP contribution >= 0.6 is 0 Å². The lowest BCUT2D eigenvalue weighted by Gasteiger charge is -2.25. The third-order valence-electron chi connectivity index (χ3n) is 2.35. The van der Waals surface area contributed by atoms with Crippen molar-refractivity contribution in [2.75, 3.05) is 20.3 Å². The van der Waals surface area contributed by atoms with E-state index in [1.165, 1.54) is 0 Å². The first-order valence-corrected chi connectivity index (χ1v) is 5.19. The Hall–Kier alpha value is -0.940. The summed E-state index contributed by atoms with van der Waals surface area (Å²) in [6.07, 6.45) is 0. The molecular formula is C10H19N3O2. The largest absolute Gasteiger partial charge is 0.383 e. The molecule has 0 amide bonds. The molecule has 1 unspecified atom stereocenters. The zero-order chi connectivity index (χ0) is 11.3. The van der Waals surface area contributed by atoms with Crippen molar-refractivity contribution in [3.05, 3.63) is 11.7 Å². The third-order valence-corrected chi connectivity index (χ3v) is 2.35. The first kappa shape index (κ1) is 12.1. The average molecular weight is 213 g/mol. The van der Waals surface area contributed by atoms with E-state index >= 15 is 0 Å². The molecule has 0 saturated heterocycles. The maximum Gasteiger partial charge on any atom is 0.223 e. The molecule has 0 aliphatic rings. The molecule has 0 aliphatic carbocycles. The molecule has 1 atom stereocenters. The van der Waals surface area contributed by atoms with E-state index in [0.29, 0.717) is 25.1 Å². The molecule has 0 N–H and O–H groups in total. The van der Waals surface area contributed by atoms with Gasteiger partial charge in [0.25, 0.3) is 0 Å². The number of hydrogen-bond acceptors (Lipinski definition) is 5. The molecule has 5 heteroatoms. The fourth-order valence-corrected chi connectivity index (χ4v) is 1.51. The zero-order valence-corrected chi connectivity index (χ0v) is 9.86. The standard InChI is InChI=1S/C10H19N3O2/c1-5-13(8(2)7-14-4)6-10-11-9(3)15-12-10/h8H,5-7H2,1-4H3. The second kappa shape index (κ2) is 5.82. The van der Waals surface area contributed by atoms with Crippen molar-refractivity contribution in [2.24, 2.45) is 0 Å². The molecule has 1 aromatic rings. The van der Waals surface area contributed by atoms with Gasteiger partial charge in [0.2, 0.25) is 5.89 Å². The maximum absolute atomic E-state index is 5.12. The number of aromatic nitrogens is 2. The fraction of sp³-hybridized carbons (Fsp3) is 0.800. The Morgan fingerprint density at radius 2 is 2.27 bits per heavy atom. The van der Waals surface area contributed by atoms with Crippen molar-refractivity contribution in [3.63, 3.8) is 0 Å². The lowest BCUT2D eigenvalue weighted by molar-refractivity contribution is 0.0960. The van der Waals surface area contributed by atoms with Crippen LogP contribution in [0.5, 0.6) is 0 Å². The van der Waals surface area contributed by atoms with E-state index in [2.05, 4.69) is 28.9 Å². The number of nitrogens with zero attached hydrogens (tertiary/aromatic N) is 3. The highest BCUT2D eigenvalue weighted by Crippen LogP contribution is 2.05. The normalized spacial score (nSPS) is 13.4. The van der Waals surface area contributed by atoms with Gasteiger partial charge in [-0.15, -0.1) is 0 Å². The highest BCUT2D eigenvalue weighted by molar-refractivity contribution is 4.84. The fourth-order valence-electron chi connectivity index (χ4n) is 1.51. The second-order valence-electron chi connectivity index (χ2n) is 3.60. The van der Waals surface area contributed by atoms with Crippen LogP contribution in [0.2, 0.25) is 0 Å². The first-order chi connectivity index (χ1) is 7.17. The molecule has 15 heavy (non-hydrogen) atoms. The van der Waals surface area contributed by atoms with Crippen molar-refractivity contribution in [1.82, 2.24) is 15.0 Å². The molecule has 1 heterocycles. The minimum atomic E-state index is 0.360. The van der Waals surface area contributed by atoms with Gasteiger partial charge in [-0.1, -0.05) is 12.1 Å². The molecule has 0 fully saturated rings. The molecule has 0 radical (unpaired) electrons. The van der Waals surface area contributed by atoms with E-state index in [1.807, 2.05) is 0 Å². The Morgan fingerprint density at radius 1 is 1.53 bits per heavy atom. The quantitative estimate of drug-likeness (QED) is 0.711. The minimum absolute atomic E-state index is 0.360. The smallest absolute Gasteiger partial charge is 0.223 e. The van der Waals surface area contributed by atoms with E-state index < -0.39 is 0 Å². The summed E-state index contributed by atoms with van der Waals surface area (Å²) in [6, 6.07) is 0.360. The number of aryl methyl sites for hydroxylation is 1.